The number of aromatic nitrogens is 3. The van der Waals surface area contributed by atoms with Crippen molar-refractivity contribution in [1.82, 2.24) is 15.0 Å². The minimum atomic E-state index is -0.363. The van der Waals surface area contributed by atoms with Gasteiger partial charge in [-0.25, -0.2) is 14.2 Å². The summed E-state index contributed by atoms with van der Waals surface area (Å²) in [6, 6.07) is 13.0. The van der Waals surface area contributed by atoms with Crippen LogP contribution in [0.25, 0.3) is 10.9 Å². The van der Waals surface area contributed by atoms with E-state index in [-0.39, 0.29) is 11.8 Å². The number of fused-ring (bicyclic) bond motifs is 3. The lowest BCUT2D eigenvalue weighted by Crippen LogP contribution is -2.31. The normalized spacial score (nSPS) is 13.2. The first-order valence-corrected chi connectivity index (χ1v) is 9.84. The molecule has 2 aromatic heterocycles. The van der Waals surface area contributed by atoms with Crippen LogP contribution in [0, 0.1) is 5.82 Å². The monoisotopic (exact) mass is 418 g/mol. The van der Waals surface area contributed by atoms with Crippen LogP contribution in [0.4, 0.5) is 10.3 Å². The number of hydrogen-bond acceptors (Lipinski definition) is 6. The van der Waals surface area contributed by atoms with Crippen LogP contribution >= 0.6 is 0 Å². The fraction of sp³-hybridized carbons (Fsp3) is 0.174. The van der Waals surface area contributed by atoms with Crippen LogP contribution in [0.2, 0.25) is 0 Å². The Morgan fingerprint density at radius 1 is 1.16 bits per heavy atom. The highest BCUT2D eigenvalue weighted by Crippen LogP contribution is 2.31. The van der Waals surface area contributed by atoms with Gasteiger partial charge in [-0.05, 0) is 42.5 Å². The summed E-state index contributed by atoms with van der Waals surface area (Å²) >= 11 is 0. The molecule has 0 saturated carbocycles. The van der Waals surface area contributed by atoms with Gasteiger partial charge in [0, 0.05) is 53.9 Å². The van der Waals surface area contributed by atoms with Gasteiger partial charge in [0.15, 0.2) is 0 Å². The van der Waals surface area contributed by atoms with Gasteiger partial charge in [-0.1, -0.05) is 0 Å². The number of esters is 1. The van der Waals surface area contributed by atoms with Crippen molar-refractivity contribution < 1.29 is 18.7 Å². The molecule has 31 heavy (non-hydrogen) atoms. The molecular formula is C23H19FN4O3. The maximum atomic E-state index is 13.1. The summed E-state index contributed by atoms with van der Waals surface area (Å²) in [6.07, 6.45) is 2.44. The number of carbonyl (C=O) groups excluding carboxylic acids is 1. The molecule has 1 N–H and O–H groups in total. The molecular weight excluding hydrogens is 399 g/mol. The average Bonchev–Trinajstić information content (AvgIpc) is 3.17. The molecule has 0 spiro atoms. The molecule has 0 atom stereocenters. The molecule has 156 valence electrons. The van der Waals surface area contributed by atoms with Gasteiger partial charge in [-0.2, -0.15) is 4.98 Å². The predicted molar refractivity (Wildman–Crippen MR) is 113 cm³/mol. The fourth-order valence-corrected chi connectivity index (χ4v) is 3.79. The summed E-state index contributed by atoms with van der Waals surface area (Å²) in [4.78, 5) is 26.4. The second-order valence-electron chi connectivity index (χ2n) is 7.26. The van der Waals surface area contributed by atoms with Gasteiger partial charge in [0.25, 0.3) is 0 Å². The molecule has 5 rings (SSSR count). The van der Waals surface area contributed by atoms with Crippen molar-refractivity contribution in [3.05, 3.63) is 77.4 Å². The Hall–Kier alpha value is -3.94. The molecule has 0 radical (unpaired) electrons. The molecule has 8 heteroatoms. The number of benzene rings is 2. The van der Waals surface area contributed by atoms with Crippen LogP contribution in [-0.4, -0.2) is 34.6 Å². The molecule has 3 heterocycles. The zero-order valence-electron chi connectivity index (χ0n) is 16.8. The number of ether oxygens (including phenoxy) is 2. The molecule has 0 unspecified atom stereocenters. The van der Waals surface area contributed by atoms with Crippen molar-refractivity contribution in [2.75, 3.05) is 18.6 Å². The number of H-pyrrole nitrogens is 1. The first-order chi connectivity index (χ1) is 15.1. The van der Waals surface area contributed by atoms with Gasteiger partial charge in [0.1, 0.15) is 11.6 Å². The highest BCUT2D eigenvalue weighted by Gasteiger charge is 2.23. The Labute approximate surface area is 177 Å². The number of rotatable bonds is 4. The third-order valence-corrected chi connectivity index (χ3v) is 5.33. The number of nitrogens with zero attached hydrogens (tertiary/aromatic N) is 3. The van der Waals surface area contributed by atoms with Crippen LogP contribution < -0.4 is 9.64 Å². The molecule has 0 saturated heterocycles. The van der Waals surface area contributed by atoms with E-state index >= 15 is 0 Å². The van der Waals surface area contributed by atoms with E-state index in [1.54, 1.807) is 30.5 Å². The number of methoxy groups -OCH3 is 1. The van der Waals surface area contributed by atoms with E-state index in [9.17, 15) is 9.18 Å². The Bertz CT molecular complexity index is 1270. The highest BCUT2D eigenvalue weighted by atomic mass is 19.1. The van der Waals surface area contributed by atoms with Crippen molar-refractivity contribution in [2.24, 2.45) is 0 Å². The SMILES string of the molecule is COC(=O)c1ccc2[nH]c3c(c2c1)CN(c1nccc(Oc2ccc(F)cc2)n1)CC3. The molecule has 1 aliphatic rings. The van der Waals surface area contributed by atoms with Gasteiger partial charge < -0.3 is 19.4 Å². The lowest BCUT2D eigenvalue weighted by atomic mass is 10.0. The maximum Gasteiger partial charge on any atom is 0.337 e. The van der Waals surface area contributed by atoms with E-state index in [0.717, 1.165) is 35.1 Å². The Morgan fingerprint density at radius 2 is 2.00 bits per heavy atom. The van der Waals surface area contributed by atoms with Gasteiger partial charge in [0.2, 0.25) is 11.8 Å². The lowest BCUT2D eigenvalue weighted by molar-refractivity contribution is 0.0601. The second-order valence-corrected chi connectivity index (χ2v) is 7.26. The van der Waals surface area contributed by atoms with Gasteiger partial charge in [-0.15, -0.1) is 0 Å². The minimum absolute atomic E-state index is 0.325. The minimum Gasteiger partial charge on any atom is -0.465 e. The highest BCUT2D eigenvalue weighted by molar-refractivity contribution is 5.96. The molecule has 4 aromatic rings. The number of anilines is 1. The number of carbonyl (C=O) groups is 1. The molecule has 2 aromatic carbocycles. The van der Waals surface area contributed by atoms with Crippen molar-refractivity contribution in [3.8, 4) is 11.6 Å². The van der Waals surface area contributed by atoms with E-state index in [2.05, 4.69) is 19.9 Å². The van der Waals surface area contributed by atoms with Gasteiger partial charge >= 0.3 is 5.97 Å². The van der Waals surface area contributed by atoms with Crippen LogP contribution in [0.1, 0.15) is 21.6 Å². The van der Waals surface area contributed by atoms with Crippen LogP contribution in [0.15, 0.2) is 54.7 Å². The summed E-state index contributed by atoms with van der Waals surface area (Å²) in [7, 11) is 1.37. The van der Waals surface area contributed by atoms with E-state index in [4.69, 9.17) is 9.47 Å². The van der Waals surface area contributed by atoms with E-state index in [1.165, 1.54) is 19.2 Å². The van der Waals surface area contributed by atoms with Crippen LogP contribution in [0.3, 0.4) is 0 Å². The first-order valence-electron chi connectivity index (χ1n) is 9.84. The van der Waals surface area contributed by atoms with Crippen LogP contribution in [-0.2, 0) is 17.7 Å². The third kappa shape index (κ3) is 3.68. The number of nitrogens with one attached hydrogen (secondary N) is 1. The molecule has 7 nitrogen and oxygen atoms in total. The Balaban J connectivity index is 1.42. The van der Waals surface area contributed by atoms with Gasteiger partial charge in [0.05, 0.1) is 12.7 Å². The topological polar surface area (TPSA) is 80.3 Å². The predicted octanol–water partition coefficient (Wildman–Crippen LogP) is 4.24. The van der Waals surface area contributed by atoms with Gasteiger partial charge in [-0.3, -0.25) is 0 Å². The molecule has 0 fully saturated rings. The zero-order chi connectivity index (χ0) is 21.4. The Morgan fingerprint density at radius 3 is 2.81 bits per heavy atom. The summed E-state index contributed by atoms with van der Waals surface area (Å²) in [6.45, 7) is 1.34. The molecule has 1 aliphatic heterocycles. The molecule has 0 amide bonds. The van der Waals surface area contributed by atoms with Crippen molar-refractivity contribution in [1.29, 1.82) is 0 Å². The first kappa shape index (κ1) is 19.0. The van der Waals surface area contributed by atoms with Crippen LogP contribution in [0.5, 0.6) is 11.6 Å². The summed E-state index contributed by atoms with van der Waals surface area (Å²) < 4.78 is 23.7. The van der Waals surface area contributed by atoms with E-state index in [0.29, 0.717) is 29.7 Å². The fourth-order valence-electron chi connectivity index (χ4n) is 3.79. The van der Waals surface area contributed by atoms with Crippen molar-refractivity contribution in [2.45, 2.75) is 13.0 Å². The third-order valence-electron chi connectivity index (χ3n) is 5.33. The number of halogens is 1. The lowest BCUT2D eigenvalue weighted by Gasteiger charge is -2.27. The number of hydrogen-bond donors (Lipinski definition) is 1. The summed E-state index contributed by atoms with van der Waals surface area (Å²) in [5.74, 6) is 0.740. The standard InChI is InChI=1S/C23H19FN4O3/c1-30-22(29)14-2-7-19-17(12-14)18-13-28(11-9-20(18)26-19)23-25-10-8-21(27-23)31-16-5-3-15(24)4-6-16/h2-8,10,12,26H,9,11,13H2,1H3. The van der Waals surface area contributed by atoms with Crippen molar-refractivity contribution >= 4 is 22.8 Å². The molecule has 0 bridgehead atoms. The summed E-state index contributed by atoms with van der Waals surface area (Å²) in [5.41, 5.74) is 3.75. The van der Waals surface area contributed by atoms with E-state index in [1.807, 2.05) is 12.1 Å². The Kier molecular flexibility index (Phi) is 4.74. The van der Waals surface area contributed by atoms with E-state index < -0.39 is 0 Å². The zero-order valence-corrected chi connectivity index (χ0v) is 16.8. The largest absolute Gasteiger partial charge is 0.465 e. The number of aromatic amines is 1. The summed E-state index contributed by atoms with van der Waals surface area (Å²) in [5, 5.41) is 0.987. The quantitative estimate of drug-likeness (QED) is 0.500. The molecule has 0 aliphatic carbocycles. The maximum absolute atomic E-state index is 13.1. The van der Waals surface area contributed by atoms with Crippen molar-refractivity contribution in [3.63, 3.8) is 0 Å². The smallest absolute Gasteiger partial charge is 0.337 e. The average molecular weight is 418 g/mol. The second kappa shape index (κ2) is 7.71.